The number of anilines is 2. The van der Waals surface area contributed by atoms with E-state index in [9.17, 15) is 0 Å². The fraction of sp³-hybridized carbons (Fsp3) is 0.571. The van der Waals surface area contributed by atoms with Crippen LogP contribution in [0.2, 0.25) is 0 Å². The molecule has 1 aliphatic carbocycles. The number of nitrogens with two attached hydrogens (primary N) is 1. The predicted molar refractivity (Wildman–Crippen MR) is 85.0 cm³/mol. The summed E-state index contributed by atoms with van der Waals surface area (Å²) in [5, 5.41) is 3.21. The summed E-state index contributed by atoms with van der Waals surface area (Å²) in [5.41, 5.74) is 2.59. The monoisotopic (exact) mass is 291 g/mol. The minimum atomic E-state index is 0.505. The zero-order valence-electron chi connectivity index (χ0n) is 12.0. The maximum atomic E-state index is 5.50. The number of hydrazine groups is 1. The second kappa shape index (κ2) is 5.54. The van der Waals surface area contributed by atoms with Gasteiger partial charge in [-0.3, -0.25) is 5.43 Å². The van der Waals surface area contributed by atoms with E-state index in [1.165, 1.54) is 19.3 Å². The molecule has 2 aromatic rings. The molecular formula is C14H21N5S. The topological polar surface area (TPSA) is 67.1 Å². The van der Waals surface area contributed by atoms with E-state index in [2.05, 4.69) is 45.6 Å². The van der Waals surface area contributed by atoms with Crippen molar-refractivity contribution >= 4 is 33.3 Å². The summed E-state index contributed by atoms with van der Waals surface area (Å²) in [5.74, 6) is 7.74. The Labute approximate surface area is 123 Å². The maximum absolute atomic E-state index is 5.50. The Balaban J connectivity index is 1.98. The molecule has 0 radical (unpaired) electrons. The van der Waals surface area contributed by atoms with Crippen LogP contribution in [0.1, 0.15) is 33.1 Å². The van der Waals surface area contributed by atoms with Crippen molar-refractivity contribution < 1.29 is 0 Å². The first-order valence-corrected chi connectivity index (χ1v) is 8.05. The van der Waals surface area contributed by atoms with Crippen molar-refractivity contribution in [3.8, 4) is 0 Å². The van der Waals surface area contributed by atoms with Crippen LogP contribution in [0.15, 0.2) is 11.4 Å². The molecule has 20 heavy (non-hydrogen) atoms. The minimum absolute atomic E-state index is 0.505. The SMILES string of the molecule is CC(C)CCN(c1nc(NN)nc2sccc12)C1CC1. The van der Waals surface area contributed by atoms with Crippen LogP contribution in [0.4, 0.5) is 11.8 Å². The van der Waals surface area contributed by atoms with Crippen LogP contribution >= 0.6 is 11.3 Å². The first-order chi connectivity index (χ1) is 9.69. The van der Waals surface area contributed by atoms with Gasteiger partial charge in [-0.2, -0.15) is 4.98 Å². The zero-order chi connectivity index (χ0) is 14.1. The Morgan fingerprint density at radius 3 is 2.90 bits per heavy atom. The van der Waals surface area contributed by atoms with Crippen LogP contribution in [0.3, 0.4) is 0 Å². The summed E-state index contributed by atoms with van der Waals surface area (Å²) in [6, 6.07) is 2.75. The number of nitrogens with zero attached hydrogens (tertiary/aromatic N) is 3. The van der Waals surface area contributed by atoms with E-state index < -0.39 is 0 Å². The average molecular weight is 291 g/mol. The Kier molecular flexibility index (Phi) is 3.76. The number of nitrogen functional groups attached to an aromatic ring is 1. The Hall–Kier alpha value is -1.40. The zero-order valence-corrected chi connectivity index (χ0v) is 12.8. The summed E-state index contributed by atoms with van der Waals surface area (Å²) in [6.45, 7) is 5.57. The van der Waals surface area contributed by atoms with Gasteiger partial charge < -0.3 is 4.90 Å². The van der Waals surface area contributed by atoms with E-state index in [0.29, 0.717) is 17.9 Å². The molecule has 1 fully saturated rings. The van der Waals surface area contributed by atoms with Gasteiger partial charge in [-0.1, -0.05) is 13.8 Å². The van der Waals surface area contributed by atoms with Crippen LogP contribution in [0.25, 0.3) is 10.2 Å². The van der Waals surface area contributed by atoms with Crippen molar-refractivity contribution in [3.05, 3.63) is 11.4 Å². The molecule has 0 aliphatic heterocycles. The molecule has 6 heteroatoms. The molecule has 0 atom stereocenters. The van der Waals surface area contributed by atoms with Crippen molar-refractivity contribution in [2.24, 2.45) is 11.8 Å². The predicted octanol–water partition coefficient (Wildman–Crippen LogP) is 2.99. The van der Waals surface area contributed by atoms with Gasteiger partial charge >= 0.3 is 0 Å². The summed E-state index contributed by atoms with van der Waals surface area (Å²) in [6.07, 6.45) is 3.70. The van der Waals surface area contributed by atoms with E-state index in [4.69, 9.17) is 5.84 Å². The summed E-state index contributed by atoms with van der Waals surface area (Å²) in [7, 11) is 0. The molecule has 0 spiro atoms. The van der Waals surface area contributed by atoms with Gasteiger partial charge in [-0.25, -0.2) is 10.8 Å². The molecule has 108 valence electrons. The van der Waals surface area contributed by atoms with Crippen molar-refractivity contribution in [1.29, 1.82) is 0 Å². The van der Waals surface area contributed by atoms with Crippen LogP contribution in [-0.2, 0) is 0 Å². The van der Waals surface area contributed by atoms with Gasteiger partial charge in [-0.05, 0) is 36.6 Å². The molecule has 0 saturated heterocycles. The molecule has 0 amide bonds. The van der Waals surface area contributed by atoms with Crippen LogP contribution in [-0.4, -0.2) is 22.6 Å². The molecule has 1 aliphatic rings. The fourth-order valence-corrected chi connectivity index (χ4v) is 3.13. The molecule has 3 rings (SSSR count). The molecule has 0 aromatic carbocycles. The molecule has 2 aromatic heterocycles. The van der Waals surface area contributed by atoms with Crippen LogP contribution < -0.4 is 16.2 Å². The largest absolute Gasteiger partial charge is 0.353 e. The van der Waals surface area contributed by atoms with E-state index >= 15 is 0 Å². The van der Waals surface area contributed by atoms with Crippen LogP contribution in [0, 0.1) is 5.92 Å². The lowest BCUT2D eigenvalue weighted by Gasteiger charge is -2.25. The lowest BCUT2D eigenvalue weighted by Crippen LogP contribution is -2.29. The minimum Gasteiger partial charge on any atom is -0.353 e. The number of rotatable bonds is 6. The highest BCUT2D eigenvalue weighted by Crippen LogP contribution is 2.36. The van der Waals surface area contributed by atoms with E-state index in [0.717, 1.165) is 22.6 Å². The Morgan fingerprint density at radius 1 is 1.45 bits per heavy atom. The maximum Gasteiger partial charge on any atom is 0.240 e. The smallest absolute Gasteiger partial charge is 0.240 e. The molecule has 2 heterocycles. The second-order valence-corrected chi connectivity index (χ2v) is 6.66. The third kappa shape index (κ3) is 2.71. The van der Waals surface area contributed by atoms with Gasteiger partial charge in [0.2, 0.25) is 5.95 Å². The Morgan fingerprint density at radius 2 is 2.25 bits per heavy atom. The first kappa shape index (κ1) is 13.6. The van der Waals surface area contributed by atoms with E-state index in [1.807, 2.05) is 0 Å². The summed E-state index contributed by atoms with van der Waals surface area (Å²) < 4.78 is 0. The number of thiophene rings is 1. The van der Waals surface area contributed by atoms with Crippen molar-refractivity contribution in [1.82, 2.24) is 9.97 Å². The standard InChI is InChI=1S/C14H21N5S/c1-9(2)5-7-19(10-3-4-10)12-11-6-8-20-13(11)17-14(16-12)18-15/h6,8-10H,3-5,7,15H2,1-2H3,(H,16,17,18). The normalized spacial score (nSPS) is 15.0. The number of fused-ring (bicyclic) bond motifs is 1. The van der Waals surface area contributed by atoms with E-state index in [1.54, 1.807) is 11.3 Å². The van der Waals surface area contributed by atoms with Gasteiger partial charge in [0.15, 0.2) is 0 Å². The lowest BCUT2D eigenvalue weighted by molar-refractivity contribution is 0.569. The number of hydrogen-bond acceptors (Lipinski definition) is 6. The van der Waals surface area contributed by atoms with Crippen molar-refractivity contribution in [2.45, 2.75) is 39.2 Å². The Bertz CT molecular complexity index is 590. The second-order valence-electron chi connectivity index (χ2n) is 5.76. The fourth-order valence-electron chi connectivity index (χ4n) is 2.37. The number of aromatic nitrogens is 2. The van der Waals surface area contributed by atoms with Gasteiger partial charge in [-0.15, -0.1) is 11.3 Å². The van der Waals surface area contributed by atoms with Gasteiger partial charge in [0.25, 0.3) is 0 Å². The molecule has 3 N–H and O–H groups in total. The van der Waals surface area contributed by atoms with Gasteiger partial charge in [0, 0.05) is 12.6 Å². The molecular weight excluding hydrogens is 270 g/mol. The lowest BCUT2D eigenvalue weighted by atomic mass is 10.1. The average Bonchev–Trinajstić information content (AvgIpc) is 3.15. The van der Waals surface area contributed by atoms with Crippen molar-refractivity contribution in [3.63, 3.8) is 0 Å². The molecule has 0 unspecified atom stereocenters. The highest BCUT2D eigenvalue weighted by molar-refractivity contribution is 7.16. The first-order valence-electron chi connectivity index (χ1n) is 7.17. The third-order valence-corrected chi connectivity index (χ3v) is 4.45. The summed E-state index contributed by atoms with van der Waals surface area (Å²) >= 11 is 1.63. The van der Waals surface area contributed by atoms with Crippen LogP contribution in [0.5, 0.6) is 0 Å². The summed E-state index contributed by atoms with van der Waals surface area (Å²) in [4.78, 5) is 12.5. The van der Waals surface area contributed by atoms with Gasteiger partial charge in [0.1, 0.15) is 10.6 Å². The highest BCUT2D eigenvalue weighted by atomic mass is 32.1. The molecule has 1 saturated carbocycles. The van der Waals surface area contributed by atoms with E-state index in [-0.39, 0.29) is 0 Å². The molecule has 0 bridgehead atoms. The number of nitrogens with one attached hydrogen (secondary N) is 1. The van der Waals surface area contributed by atoms with Crippen molar-refractivity contribution in [2.75, 3.05) is 16.9 Å². The quantitative estimate of drug-likeness (QED) is 0.632. The van der Waals surface area contributed by atoms with Gasteiger partial charge in [0.05, 0.1) is 5.39 Å². The molecule has 5 nitrogen and oxygen atoms in total. The number of hydrogen-bond donors (Lipinski definition) is 2. The third-order valence-electron chi connectivity index (χ3n) is 3.64. The highest BCUT2D eigenvalue weighted by Gasteiger charge is 2.31.